The largest absolute Gasteiger partial charge is 0.322 e. The van der Waals surface area contributed by atoms with Crippen molar-refractivity contribution in [2.24, 2.45) is 0 Å². The fourth-order valence-electron chi connectivity index (χ4n) is 4.30. The van der Waals surface area contributed by atoms with E-state index in [0.29, 0.717) is 12.0 Å². The first kappa shape index (κ1) is 17.7. The van der Waals surface area contributed by atoms with E-state index < -0.39 is 5.41 Å². The summed E-state index contributed by atoms with van der Waals surface area (Å²) in [6.45, 7) is 6.83. The Morgan fingerprint density at radius 1 is 1.22 bits per heavy atom. The Kier molecular flexibility index (Phi) is 4.25. The van der Waals surface area contributed by atoms with Crippen LogP contribution in [0.15, 0.2) is 35.3 Å². The SMILES string of the molecule is CCn1ncc2c(C)cc(-c3ccc([C@@]4(C)CCCCC4=O)c(=O)[nH]3)cc21. The molecule has 5 nitrogen and oxygen atoms in total. The quantitative estimate of drug-likeness (QED) is 0.761. The smallest absolute Gasteiger partial charge is 0.252 e. The molecule has 0 spiro atoms. The number of aromatic amines is 1. The van der Waals surface area contributed by atoms with Crippen molar-refractivity contribution < 1.29 is 4.79 Å². The fraction of sp³-hybridized carbons (Fsp3) is 0.409. The molecule has 0 radical (unpaired) electrons. The van der Waals surface area contributed by atoms with E-state index >= 15 is 0 Å². The second-order valence-electron chi connectivity index (χ2n) is 7.76. The predicted octanol–water partition coefficient (Wildman–Crippen LogP) is 4.12. The third kappa shape index (κ3) is 2.82. The van der Waals surface area contributed by atoms with Gasteiger partial charge >= 0.3 is 0 Å². The number of aromatic nitrogens is 3. The molecular formula is C22H25N3O2. The van der Waals surface area contributed by atoms with Crippen molar-refractivity contribution in [1.29, 1.82) is 0 Å². The zero-order valence-corrected chi connectivity index (χ0v) is 16.1. The van der Waals surface area contributed by atoms with Gasteiger partial charge in [-0.15, -0.1) is 0 Å². The van der Waals surface area contributed by atoms with Crippen molar-refractivity contribution >= 4 is 16.7 Å². The summed E-state index contributed by atoms with van der Waals surface area (Å²) in [5, 5.41) is 5.55. The van der Waals surface area contributed by atoms with Gasteiger partial charge < -0.3 is 4.98 Å². The Bertz CT molecular complexity index is 1090. The number of Topliss-reactive ketones (excluding diaryl/α,β-unsaturated/α-hetero) is 1. The molecule has 1 atom stereocenters. The van der Waals surface area contributed by atoms with Crippen molar-refractivity contribution in [3.05, 3.63) is 51.9 Å². The van der Waals surface area contributed by atoms with Gasteiger partial charge in [-0.05, 0) is 57.4 Å². The molecule has 1 aromatic carbocycles. The number of rotatable bonds is 3. The van der Waals surface area contributed by atoms with Crippen molar-refractivity contribution in [2.45, 2.75) is 58.4 Å². The van der Waals surface area contributed by atoms with Crippen LogP contribution in [0.5, 0.6) is 0 Å². The van der Waals surface area contributed by atoms with Crippen LogP contribution in [-0.4, -0.2) is 20.5 Å². The van der Waals surface area contributed by atoms with Gasteiger partial charge in [-0.25, -0.2) is 0 Å². The molecule has 0 saturated heterocycles. The zero-order valence-electron chi connectivity index (χ0n) is 16.1. The number of hydrogen-bond donors (Lipinski definition) is 1. The second-order valence-corrected chi connectivity index (χ2v) is 7.76. The lowest BCUT2D eigenvalue weighted by Crippen LogP contribution is -2.40. The monoisotopic (exact) mass is 363 g/mol. The molecule has 1 aliphatic carbocycles. The Labute approximate surface area is 158 Å². The number of fused-ring (bicyclic) bond motifs is 1. The number of hydrogen-bond acceptors (Lipinski definition) is 3. The predicted molar refractivity (Wildman–Crippen MR) is 107 cm³/mol. The van der Waals surface area contributed by atoms with Crippen LogP contribution in [0.2, 0.25) is 0 Å². The maximum atomic E-state index is 12.9. The summed E-state index contributed by atoms with van der Waals surface area (Å²) in [5.41, 5.74) is 3.68. The zero-order chi connectivity index (χ0) is 19.2. The first-order valence-corrected chi connectivity index (χ1v) is 9.67. The van der Waals surface area contributed by atoms with Crippen LogP contribution in [0.25, 0.3) is 22.2 Å². The lowest BCUT2D eigenvalue weighted by Gasteiger charge is -2.31. The summed E-state index contributed by atoms with van der Waals surface area (Å²) < 4.78 is 1.96. The molecule has 2 heterocycles. The lowest BCUT2D eigenvalue weighted by atomic mass is 9.70. The highest BCUT2D eigenvalue weighted by molar-refractivity contribution is 5.90. The number of pyridine rings is 1. The molecule has 1 fully saturated rings. The minimum absolute atomic E-state index is 0.160. The number of carbonyl (C=O) groups excluding carboxylic acids is 1. The third-order valence-electron chi connectivity index (χ3n) is 6.03. The topological polar surface area (TPSA) is 67.8 Å². The number of ketones is 1. The second kappa shape index (κ2) is 6.48. The Hall–Kier alpha value is -2.69. The van der Waals surface area contributed by atoms with Gasteiger partial charge in [0.1, 0.15) is 5.78 Å². The van der Waals surface area contributed by atoms with Gasteiger partial charge in [0, 0.05) is 35.2 Å². The number of aryl methyl sites for hydroxylation is 2. The Balaban J connectivity index is 1.80. The van der Waals surface area contributed by atoms with E-state index in [-0.39, 0.29) is 11.3 Å². The average Bonchev–Trinajstić information content (AvgIpc) is 3.07. The normalized spacial score (nSPS) is 20.3. The molecule has 3 aromatic rings. The summed E-state index contributed by atoms with van der Waals surface area (Å²) >= 11 is 0. The molecule has 1 aliphatic rings. The van der Waals surface area contributed by atoms with E-state index in [1.54, 1.807) is 0 Å². The first-order chi connectivity index (χ1) is 12.9. The van der Waals surface area contributed by atoms with Crippen LogP contribution in [0.4, 0.5) is 0 Å². The molecule has 1 N–H and O–H groups in total. The molecule has 2 aromatic heterocycles. The van der Waals surface area contributed by atoms with Gasteiger partial charge in [-0.2, -0.15) is 5.10 Å². The van der Waals surface area contributed by atoms with Gasteiger partial charge in [0.25, 0.3) is 5.56 Å². The van der Waals surface area contributed by atoms with Gasteiger partial charge in [0.2, 0.25) is 0 Å². The highest BCUT2D eigenvalue weighted by atomic mass is 16.1. The summed E-state index contributed by atoms with van der Waals surface area (Å²) in [7, 11) is 0. The lowest BCUT2D eigenvalue weighted by molar-refractivity contribution is -0.125. The summed E-state index contributed by atoms with van der Waals surface area (Å²) in [6, 6.07) is 7.91. The molecule has 4 rings (SSSR count). The Morgan fingerprint density at radius 3 is 2.74 bits per heavy atom. The fourth-order valence-corrected chi connectivity index (χ4v) is 4.30. The maximum Gasteiger partial charge on any atom is 0.252 e. The highest BCUT2D eigenvalue weighted by Crippen LogP contribution is 2.35. The Morgan fingerprint density at radius 2 is 2.04 bits per heavy atom. The summed E-state index contributed by atoms with van der Waals surface area (Å²) in [4.78, 5) is 28.4. The number of nitrogens with one attached hydrogen (secondary N) is 1. The van der Waals surface area contributed by atoms with Crippen LogP contribution < -0.4 is 5.56 Å². The highest BCUT2D eigenvalue weighted by Gasteiger charge is 2.38. The van der Waals surface area contributed by atoms with E-state index in [1.807, 2.05) is 29.9 Å². The molecule has 1 saturated carbocycles. The van der Waals surface area contributed by atoms with Crippen LogP contribution >= 0.6 is 0 Å². The molecular weight excluding hydrogens is 338 g/mol. The molecule has 0 amide bonds. The van der Waals surface area contributed by atoms with E-state index in [9.17, 15) is 9.59 Å². The summed E-state index contributed by atoms with van der Waals surface area (Å²) in [6.07, 6.45) is 5.11. The minimum atomic E-state index is -0.662. The van der Waals surface area contributed by atoms with E-state index in [0.717, 1.165) is 53.5 Å². The standard InChI is InChI=1S/C22H25N3O2/c1-4-25-19-12-15(11-14(2)16(19)13-23-25)18-9-8-17(21(27)24-18)22(3)10-6-5-7-20(22)26/h8-9,11-13H,4-7,10H2,1-3H3,(H,24,27)/t22-/m1/s1. The number of carbonyl (C=O) groups is 1. The van der Waals surface area contributed by atoms with Gasteiger partial charge in [-0.3, -0.25) is 14.3 Å². The molecule has 5 heteroatoms. The van der Waals surface area contributed by atoms with Crippen LogP contribution in [0.3, 0.4) is 0 Å². The average molecular weight is 363 g/mol. The van der Waals surface area contributed by atoms with E-state index in [2.05, 4.69) is 36.1 Å². The van der Waals surface area contributed by atoms with Crippen molar-refractivity contribution in [3.63, 3.8) is 0 Å². The van der Waals surface area contributed by atoms with Crippen molar-refractivity contribution in [1.82, 2.24) is 14.8 Å². The van der Waals surface area contributed by atoms with Crippen molar-refractivity contribution in [2.75, 3.05) is 0 Å². The number of benzene rings is 1. The van der Waals surface area contributed by atoms with Crippen LogP contribution in [0.1, 0.15) is 50.7 Å². The van der Waals surface area contributed by atoms with Crippen LogP contribution in [-0.2, 0) is 16.8 Å². The third-order valence-corrected chi connectivity index (χ3v) is 6.03. The van der Waals surface area contributed by atoms with Gasteiger partial charge in [-0.1, -0.05) is 12.5 Å². The minimum Gasteiger partial charge on any atom is -0.322 e. The van der Waals surface area contributed by atoms with E-state index in [4.69, 9.17) is 0 Å². The van der Waals surface area contributed by atoms with Crippen LogP contribution in [0, 0.1) is 6.92 Å². The van der Waals surface area contributed by atoms with Gasteiger partial charge in [0.15, 0.2) is 0 Å². The van der Waals surface area contributed by atoms with Gasteiger partial charge in [0.05, 0.1) is 17.1 Å². The molecule has 0 unspecified atom stereocenters. The molecule has 0 aliphatic heterocycles. The molecule has 0 bridgehead atoms. The molecule has 27 heavy (non-hydrogen) atoms. The van der Waals surface area contributed by atoms with E-state index in [1.165, 1.54) is 0 Å². The maximum absolute atomic E-state index is 12.9. The number of nitrogens with zero attached hydrogens (tertiary/aromatic N) is 2. The van der Waals surface area contributed by atoms with Crippen molar-refractivity contribution in [3.8, 4) is 11.3 Å². The number of H-pyrrole nitrogens is 1. The molecule has 140 valence electrons. The first-order valence-electron chi connectivity index (χ1n) is 9.67. The summed E-state index contributed by atoms with van der Waals surface area (Å²) in [5.74, 6) is 0.177.